The Hall–Kier alpha value is -1.58. The van der Waals surface area contributed by atoms with Crippen LogP contribution in [0, 0.1) is 0 Å². The standard InChI is InChI=1S/C5H9NO.C5H8O2/c1-4-6(3)5(2)7;1-3-5(6)7-4-2/h4H,1H2,2-3H3;3H,1,4H2,2H3. The number of hydrogen-bond donors (Lipinski definition) is 0. The molecule has 0 aliphatic heterocycles. The third-order valence-corrected chi connectivity index (χ3v) is 1.22. The van der Waals surface area contributed by atoms with Crippen molar-refractivity contribution < 1.29 is 14.3 Å². The third kappa shape index (κ3) is 10.4. The summed E-state index contributed by atoms with van der Waals surface area (Å²) in [6.07, 6.45) is 2.62. The maximum Gasteiger partial charge on any atom is 0.330 e. The molecule has 0 aliphatic carbocycles. The van der Waals surface area contributed by atoms with E-state index in [0.717, 1.165) is 6.08 Å². The number of hydrogen-bond acceptors (Lipinski definition) is 3. The van der Waals surface area contributed by atoms with Crippen LogP contribution in [0.3, 0.4) is 0 Å². The summed E-state index contributed by atoms with van der Waals surface area (Å²) in [7, 11) is 1.66. The van der Waals surface area contributed by atoms with Crippen LogP contribution in [-0.4, -0.2) is 30.4 Å². The first-order valence-corrected chi connectivity index (χ1v) is 4.14. The Labute approximate surface area is 84.8 Å². The molecule has 0 rings (SSSR count). The minimum Gasteiger partial charge on any atom is -0.463 e. The smallest absolute Gasteiger partial charge is 0.330 e. The minimum atomic E-state index is -0.359. The van der Waals surface area contributed by atoms with Crippen molar-refractivity contribution >= 4 is 11.9 Å². The summed E-state index contributed by atoms with van der Waals surface area (Å²) < 4.78 is 4.43. The Morgan fingerprint density at radius 3 is 2.00 bits per heavy atom. The quantitative estimate of drug-likeness (QED) is 0.509. The van der Waals surface area contributed by atoms with Crippen molar-refractivity contribution in [3.05, 3.63) is 25.4 Å². The van der Waals surface area contributed by atoms with Crippen LogP contribution < -0.4 is 0 Å². The normalized spacial score (nSPS) is 7.64. The predicted octanol–water partition coefficient (Wildman–Crippen LogP) is 1.34. The molecule has 0 aromatic heterocycles. The average molecular weight is 199 g/mol. The van der Waals surface area contributed by atoms with E-state index in [9.17, 15) is 9.59 Å². The molecule has 0 aromatic rings. The Bertz CT molecular complexity index is 211. The summed E-state index contributed by atoms with van der Waals surface area (Å²) in [5.74, 6) is -0.350. The molecule has 0 heterocycles. The first-order chi connectivity index (χ1) is 6.49. The highest BCUT2D eigenvalue weighted by Crippen LogP contribution is 1.79. The van der Waals surface area contributed by atoms with Gasteiger partial charge in [0.1, 0.15) is 0 Å². The largest absolute Gasteiger partial charge is 0.463 e. The number of carbonyl (C=O) groups excluding carboxylic acids is 2. The second-order valence-corrected chi connectivity index (χ2v) is 2.27. The van der Waals surface area contributed by atoms with Crippen LogP contribution in [0.15, 0.2) is 25.4 Å². The van der Waals surface area contributed by atoms with E-state index in [1.807, 2.05) is 0 Å². The molecule has 4 nitrogen and oxygen atoms in total. The first-order valence-electron chi connectivity index (χ1n) is 4.14. The van der Waals surface area contributed by atoms with Gasteiger partial charge < -0.3 is 9.64 Å². The second-order valence-electron chi connectivity index (χ2n) is 2.27. The molecule has 0 saturated carbocycles. The number of nitrogens with zero attached hydrogens (tertiary/aromatic N) is 1. The summed E-state index contributed by atoms with van der Waals surface area (Å²) >= 11 is 0. The minimum absolute atomic E-state index is 0.00926. The van der Waals surface area contributed by atoms with Crippen molar-refractivity contribution in [2.75, 3.05) is 13.7 Å². The zero-order chi connectivity index (χ0) is 11.6. The SMILES string of the molecule is C=CC(=O)OCC.C=CN(C)C(C)=O. The van der Waals surface area contributed by atoms with Crippen molar-refractivity contribution in [1.82, 2.24) is 4.90 Å². The summed E-state index contributed by atoms with van der Waals surface area (Å²) in [5, 5.41) is 0. The molecular formula is C10H17NO3. The monoisotopic (exact) mass is 199 g/mol. The van der Waals surface area contributed by atoms with E-state index < -0.39 is 0 Å². The van der Waals surface area contributed by atoms with Crippen molar-refractivity contribution in [1.29, 1.82) is 0 Å². The van der Waals surface area contributed by atoms with Gasteiger partial charge in [0.2, 0.25) is 5.91 Å². The average Bonchev–Trinajstić information content (AvgIpc) is 2.17. The first kappa shape index (κ1) is 14.9. The van der Waals surface area contributed by atoms with E-state index in [-0.39, 0.29) is 11.9 Å². The molecule has 4 heteroatoms. The zero-order valence-corrected chi connectivity index (χ0v) is 8.95. The molecule has 0 N–H and O–H groups in total. The van der Waals surface area contributed by atoms with E-state index in [0.29, 0.717) is 6.61 Å². The van der Waals surface area contributed by atoms with Crippen molar-refractivity contribution in [3.63, 3.8) is 0 Å². The van der Waals surface area contributed by atoms with Crippen LogP contribution in [0.1, 0.15) is 13.8 Å². The number of ether oxygens (including phenoxy) is 1. The van der Waals surface area contributed by atoms with E-state index in [4.69, 9.17) is 0 Å². The van der Waals surface area contributed by atoms with Gasteiger partial charge in [-0.3, -0.25) is 4.79 Å². The number of esters is 1. The van der Waals surface area contributed by atoms with E-state index in [2.05, 4.69) is 17.9 Å². The molecule has 0 radical (unpaired) electrons. The molecule has 0 fully saturated rings. The van der Waals surface area contributed by atoms with Gasteiger partial charge >= 0.3 is 5.97 Å². The summed E-state index contributed by atoms with van der Waals surface area (Å²) in [6.45, 7) is 10.3. The van der Waals surface area contributed by atoms with E-state index in [1.165, 1.54) is 18.0 Å². The van der Waals surface area contributed by atoms with E-state index in [1.54, 1.807) is 14.0 Å². The molecule has 14 heavy (non-hydrogen) atoms. The van der Waals surface area contributed by atoms with Gasteiger partial charge in [-0.25, -0.2) is 4.79 Å². The van der Waals surface area contributed by atoms with Gasteiger partial charge in [0.15, 0.2) is 0 Å². The molecule has 0 aliphatic rings. The molecule has 0 aromatic carbocycles. The molecule has 0 atom stereocenters. The maximum absolute atomic E-state index is 10.2. The highest BCUT2D eigenvalue weighted by molar-refractivity contribution is 5.81. The van der Waals surface area contributed by atoms with Crippen LogP contribution >= 0.6 is 0 Å². The number of amides is 1. The summed E-state index contributed by atoms with van der Waals surface area (Å²) in [4.78, 5) is 21.7. The van der Waals surface area contributed by atoms with Crippen molar-refractivity contribution in [3.8, 4) is 0 Å². The molecule has 0 saturated heterocycles. The van der Waals surface area contributed by atoms with Gasteiger partial charge in [-0.1, -0.05) is 13.2 Å². The molecule has 0 bridgehead atoms. The Morgan fingerprint density at radius 1 is 1.43 bits per heavy atom. The lowest BCUT2D eigenvalue weighted by Gasteiger charge is -2.04. The van der Waals surface area contributed by atoms with Crippen molar-refractivity contribution in [2.45, 2.75) is 13.8 Å². The fourth-order valence-corrected chi connectivity index (χ4v) is 0.330. The summed E-state index contributed by atoms with van der Waals surface area (Å²) in [6, 6.07) is 0. The lowest BCUT2D eigenvalue weighted by molar-refractivity contribution is -0.137. The molecule has 80 valence electrons. The van der Waals surface area contributed by atoms with Gasteiger partial charge in [0.05, 0.1) is 6.61 Å². The Morgan fingerprint density at radius 2 is 1.93 bits per heavy atom. The van der Waals surface area contributed by atoms with Gasteiger partial charge in [0, 0.05) is 20.0 Å². The van der Waals surface area contributed by atoms with Gasteiger partial charge in [-0.05, 0) is 13.1 Å². The molecular weight excluding hydrogens is 182 g/mol. The van der Waals surface area contributed by atoms with Crippen molar-refractivity contribution in [2.24, 2.45) is 0 Å². The topological polar surface area (TPSA) is 46.6 Å². The highest BCUT2D eigenvalue weighted by atomic mass is 16.5. The number of carbonyl (C=O) groups is 2. The van der Waals surface area contributed by atoms with E-state index >= 15 is 0 Å². The fraction of sp³-hybridized carbons (Fsp3) is 0.400. The Balaban J connectivity index is 0. The summed E-state index contributed by atoms with van der Waals surface area (Å²) in [5.41, 5.74) is 0. The maximum atomic E-state index is 10.2. The van der Waals surface area contributed by atoms with Gasteiger partial charge in [0.25, 0.3) is 0 Å². The third-order valence-electron chi connectivity index (χ3n) is 1.22. The lowest BCUT2D eigenvalue weighted by atomic mass is 10.6. The van der Waals surface area contributed by atoms with Gasteiger partial charge in [-0.2, -0.15) is 0 Å². The van der Waals surface area contributed by atoms with Crippen LogP contribution in [0.25, 0.3) is 0 Å². The predicted molar refractivity (Wildman–Crippen MR) is 55.5 cm³/mol. The second kappa shape index (κ2) is 9.51. The lowest BCUT2D eigenvalue weighted by Crippen LogP contribution is -2.15. The van der Waals surface area contributed by atoms with Crippen LogP contribution in [0.2, 0.25) is 0 Å². The number of rotatable bonds is 3. The molecule has 0 unspecified atom stereocenters. The van der Waals surface area contributed by atoms with Crippen LogP contribution in [0.4, 0.5) is 0 Å². The fourth-order valence-electron chi connectivity index (χ4n) is 0.330. The van der Waals surface area contributed by atoms with Crippen LogP contribution in [0.5, 0.6) is 0 Å². The molecule has 0 spiro atoms. The van der Waals surface area contributed by atoms with Crippen LogP contribution in [-0.2, 0) is 14.3 Å². The molecule has 1 amide bonds. The highest BCUT2D eigenvalue weighted by Gasteiger charge is 1.90. The Kier molecular flexibility index (Phi) is 10.1. The zero-order valence-electron chi connectivity index (χ0n) is 8.95. The van der Waals surface area contributed by atoms with Gasteiger partial charge in [-0.15, -0.1) is 0 Å².